The molecule has 0 aliphatic carbocycles. The van der Waals surface area contributed by atoms with Gasteiger partial charge in [-0.2, -0.15) is 0 Å². The summed E-state index contributed by atoms with van der Waals surface area (Å²) in [7, 11) is 0. The number of anilines is 1. The minimum absolute atomic E-state index is 0.182. The molecule has 0 saturated carbocycles. The van der Waals surface area contributed by atoms with Gasteiger partial charge in [0.05, 0.1) is 5.69 Å². The smallest absolute Gasteiger partial charge is 0.146 e. The maximum absolute atomic E-state index is 14.0. The molecule has 1 atom stereocenters. The number of aliphatic imine (C=N–C) groups is 1. The molecule has 0 aromatic heterocycles. The van der Waals surface area contributed by atoms with Crippen molar-refractivity contribution >= 4 is 17.5 Å². The molecule has 3 N–H and O–H groups in total. The first-order valence-electron chi connectivity index (χ1n) is 6.50. The van der Waals surface area contributed by atoms with Gasteiger partial charge in [-0.05, 0) is 29.3 Å². The third kappa shape index (κ3) is 2.39. The van der Waals surface area contributed by atoms with Crippen LogP contribution >= 0.6 is 0 Å². The molecule has 100 valence electrons. The molecule has 0 bridgehead atoms. The molecule has 1 saturated heterocycles. The molecule has 0 radical (unpaired) electrons. The van der Waals surface area contributed by atoms with E-state index in [0.717, 1.165) is 37.3 Å². The van der Waals surface area contributed by atoms with Crippen LogP contribution in [0.25, 0.3) is 5.57 Å². The third-order valence-corrected chi connectivity index (χ3v) is 3.56. The fraction of sp³-hybridized carbons (Fsp3) is 0.357. The standard InChI is InChI=1S/C14H17FN4/c15-12-2-1-10(11-3-4-18-14(11)16)9-13(12)19-7-5-17-6-8-19/h1-4,9,14,17H,5-8,16H2. The average molecular weight is 260 g/mol. The van der Waals surface area contributed by atoms with Crippen molar-refractivity contribution in [1.29, 1.82) is 0 Å². The Bertz CT molecular complexity index is 532. The van der Waals surface area contributed by atoms with E-state index in [9.17, 15) is 4.39 Å². The van der Waals surface area contributed by atoms with Crippen LogP contribution in [0.15, 0.2) is 29.3 Å². The molecule has 2 aliphatic heterocycles. The summed E-state index contributed by atoms with van der Waals surface area (Å²) < 4.78 is 14.0. The van der Waals surface area contributed by atoms with E-state index in [1.807, 2.05) is 12.1 Å². The molecular weight excluding hydrogens is 243 g/mol. The van der Waals surface area contributed by atoms with Gasteiger partial charge < -0.3 is 16.0 Å². The van der Waals surface area contributed by atoms with Crippen LogP contribution in [-0.2, 0) is 0 Å². The summed E-state index contributed by atoms with van der Waals surface area (Å²) >= 11 is 0. The van der Waals surface area contributed by atoms with E-state index < -0.39 is 0 Å². The van der Waals surface area contributed by atoms with Crippen LogP contribution in [0.1, 0.15) is 5.56 Å². The third-order valence-electron chi connectivity index (χ3n) is 3.56. The van der Waals surface area contributed by atoms with Crippen LogP contribution in [0.5, 0.6) is 0 Å². The molecule has 1 aromatic carbocycles. The van der Waals surface area contributed by atoms with Crippen molar-refractivity contribution in [2.75, 3.05) is 31.1 Å². The Balaban J connectivity index is 1.92. The van der Waals surface area contributed by atoms with Crippen LogP contribution in [0, 0.1) is 5.82 Å². The lowest BCUT2D eigenvalue weighted by Gasteiger charge is -2.30. The largest absolute Gasteiger partial charge is 0.367 e. The topological polar surface area (TPSA) is 53.6 Å². The van der Waals surface area contributed by atoms with Crippen molar-refractivity contribution in [1.82, 2.24) is 5.32 Å². The predicted molar refractivity (Wildman–Crippen MR) is 75.9 cm³/mol. The van der Waals surface area contributed by atoms with E-state index in [1.54, 1.807) is 12.3 Å². The van der Waals surface area contributed by atoms with Gasteiger partial charge in [0, 0.05) is 32.4 Å². The normalized spacial score (nSPS) is 22.7. The first kappa shape index (κ1) is 12.3. The number of hydrogen-bond acceptors (Lipinski definition) is 4. The van der Waals surface area contributed by atoms with Gasteiger partial charge >= 0.3 is 0 Å². The fourth-order valence-corrected chi connectivity index (χ4v) is 2.50. The zero-order valence-electron chi connectivity index (χ0n) is 10.6. The first-order valence-corrected chi connectivity index (χ1v) is 6.50. The average Bonchev–Trinajstić information content (AvgIpc) is 2.87. The summed E-state index contributed by atoms with van der Waals surface area (Å²) in [5, 5.41) is 3.27. The van der Waals surface area contributed by atoms with Crippen molar-refractivity contribution in [3.05, 3.63) is 35.7 Å². The minimum atomic E-state index is -0.332. The van der Waals surface area contributed by atoms with Gasteiger partial charge in [-0.3, -0.25) is 4.99 Å². The molecule has 5 heteroatoms. The van der Waals surface area contributed by atoms with Gasteiger partial charge in [0.15, 0.2) is 0 Å². The highest BCUT2D eigenvalue weighted by atomic mass is 19.1. The number of piperazine rings is 1. The number of nitrogens with one attached hydrogen (secondary N) is 1. The molecule has 19 heavy (non-hydrogen) atoms. The highest BCUT2D eigenvalue weighted by Gasteiger charge is 2.18. The van der Waals surface area contributed by atoms with Crippen LogP contribution in [0.4, 0.5) is 10.1 Å². The zero-order chi connectivity index (χ0) is 13.2. The number of allylic oxidation sites excluding steroid dienone is 1. The number of benzene rings is 1. The number of halogens is 1. The second-order valence-electron chi connectivity index (χ2n) is 4.77. The quantitative estimate of drug-likeness (QED) is 0.833. The Labute approximate surface area is 111 Å². The summed E-state index contributed by atoms with van der Waals surface area (Å²) in [6.07, 6.45) is 3.26. The van der Waals surface area contributed by atoms with Gasteiger partial charge in [-0.1, -0.05) is 6.07 Å². The van der Waals surface area contributed by atoms with Gasteiger partial charge in [0.2, 0.25) is 0 Å². The van der Waals surface area contributed by atoms with Gasteiger partial charge in [0.25, 0.3) is 0 Å². The summed E-state index contributed by atoms with van der Waals surface area (Å²) in [5.74, 6) is -0.182. The maximum atomic E-state index is 14.0. The Morgan fingerprint density at radius 1 is 1.32 bits per heavy atom. The molecule has 0 spiro atoms. The van der Waals surface area contributed by atoms with Gasteiger partial charge in [-0.15, -0.1) is 0 Å². The van der Waals surface area contributed by atoms with E-state index in [-0.39, 0.29) is 12.0 Å². The molecule has 2 heterocycles. The van der Waals surface area contributed by atoms with Gasteiger partial charge in [0.1, 0.15) is 12.0 Å². The summed E-state index contributed by atoms with van der Waals surface area (Å²) in [6, 6.07) is 5.15. The lowest BCUT2D eigenvalue weighted by Crippen LogP contribution is -2.43. The predicted octanol–water partition coefficient (Wildman–Crippen LogP) is 0.988. The minimum Gasteiger partial charge on any atom is -0.367 e. The number of nitrogens with zero attached hydrogens (tertiary/aromatic N) is 2. The van der Waals surface area contributed by atoms with Crippen molar-refractivity contribution in [3.63, 3.8) is 0 Å². The van der Waals surface area contributed by atoms with E-state index in [0.29, 0.717) is 5.69 Å². The lowest BCUT2D eigenvalue weighted by molar-refractivity contribution is 0.566. The van der Waals surface area contributed by atoms with Crippen molar-refractivity contribution < 1.29 is 4.39 Å². The van der Waals surface area contributed by atoms with Crippen LogP contribution in [0.2, 0.25) is 0 Å². The Hall–Kier alpha value is -1.72. The highest BCUT2D eigenvalue weighted by molar-refractivity contribution is 5.91. The van der Waals surface area contributed by atoms with Crippen molar-refractivity contribution in [2.24, 2.45) is 10.7 Å². The molecule has 1 fully saturated rings. The van der Waals surface area contributed by atoms with Crippen LogP contribution < -0.4 is 16.0 Å². The van der Waals surface area contributed by atoms with Crippen LogP contribution in [-0.4, -0.2) is 38.6 Å². The SMILES string of the molecule is NC1N=CC=C1c1ccc(F)c(N2CCNCC2)c1. The number of rotatable bonds is 2. The van der Waals surface area contributed by atoms with Crippen molar-refractivity contribution in [3.8, 4) is 0 Å². The van der Waals surface area contributed by atoms with E-state index in [1.165, 1.54) is 6.07 Å². The fourth-order valence-electron chi connectivity index (χ4n) is 2.50. The van der Waals surface area contributed by atoms with E-state index in [2.05, 4.69) is 15.2 Å². The molecule has 3 rings (SSSR count). The second-order valence-corrected chi connectivity index (χ2v) is 4.77. The summed E-state index contributed by atoms with van der Waals surface area (Å²) in [4.78, 5) is 6.17. The summed E-state index contributed by atoms with van der Waals surface area (Å²) in [6.45, 7) is 3.41. The Morgan fingerprint density at radius 2 is 2.11 bits per heavy atom. The Morgan fingerprint density at radius 3 is 2.79 bits per heavy atom. The molecular formula is C14H17FN4. The highest BCUT2D eigenvalue weighted by Crippen LogP contribution is 2.27. The Kier molecular flexibility index (Phi) is 3.31. The van der Waals surface area contributed by atoms with Gasteiger partial charge in [-0.25, -0.2) is 4.39 Å². The molecule has 1 aromatic rings. The molecule has 4 nitrogen and oxygen atoms in total. The lowest BCUT2D eigenvalue weighted by atomic mass is 10.0. The maximum Gasteiger partial charge on any atom is 0.146 e. The van der Waals surface area contributed by atoms with E-state index in [4.69, 9.17) is 5.73 Å². The molecule has 0 amide bonds. The molecule has 2 aliphatic rings. The molecule has 1 unspecified atom stereocenters. The monoisotopic (exact) mass is 260 g/mol. The first-order chi connectivity index (χ1) is 9.25. The second kappa shape index (κ2) is 5.11. The van der Waals surface area contributed by atoms with Crippen molar-refractivity contribution in [2.45, 2.75) is 6.17 Å². The number of nitrogens with two attached hydrogens (primary N) is 1. The summed E-state index contributed by atoms with van der Waals surface area (Å²) in [5.41, 5.74) is 8.43. The zero-order valence-corrected chi connectivity index (χ0v) is 10.6. The van der Waals surface area contributed by atoms with Crippen LogP contribution in [0.3, 0.4) is 0 Å². The van der Waals surface area contributed by atoms with E-state index >= 15 is 0 Å². The number of hydrogen-bond donors (Lipinski definition) is 2.